The quantitative estimate of drug-likeness (QED) is 0.420. The van der Waals surface area contributed by atoms with Gasteiger partial charge in [0, 0.05) is 24.5 Å². The van der Waals surface area contributed by atoms with Gasteiger partial charge in [-0.05, 0) is 50.3 Å². The van der Waals surface area contributed by atoms with Gasteiger partial charge in [0.05, 0.1) is 18.8 Å². The highest BCUT2D eigenvalue weighted by Gasteiger charge is 2.38. The van der Waals surface area contributed by atoms with Crippen molar-refractivity contribution in [3.63, 3.8) is 0 Å². The molecule has 1 amide bonds. The molecular formula is C24H33N3O5S. The van der Waals surface area contributed by atoms with Crippen LogP contribution in [0.5, 0.6) is 5.75 Å². The summed E-state index contributed by atoms with van der Waals surface area (Å²) in [5.74, 6) is 0.319. The molecule has 180 valence electrons. The van der Waals surface area contributed by atoms with Gasteiger partial charge in [-0.2, -0.15) is 17.9 Å². The van der Waals surface area contributed by atoms with Crippen LogP contribution in [0.25, 0.3) is 0 Å². The van der Waals surface area contributed by atoms with Gasteiger partial charge >= 0.3 is 0 Å². The van der Waals surface area contributed by atoms with E-state index >= 15 is 0 Å². The lowest BCUT2D eigenvalue weighted by molar-refractivity contribution is 0.0932. The van der Waals surface area contributed by atoms with Crippen LogP contribution in [0.1, 0.15) is 48.5 Å². The second-order valence-corrected chi connectivity index (χ2v) is 10.2. The SMILES string of the molecule is COc1ccccc1C(=O)NC[C@]1(c2ccccc2)CC[C@H](NS(=O)(=O)NC[C@H](C)O)CC1. The topological polar surface area (TPSA) is 117 Å². The van der Waals surface area contributed by atoms with Crippen LogP contribution < -0.4 is 19.5 Å². The van der Waals surface area contributed by atoms with Gasteiger partial charge in [0.1, 0.15) is 5.75 Å². The highest BCUT2D eigenvalue weighted by atomic mass is 32.2. The van der Waals surface area contributed by atoms with Crippen molar-refractivity contribution >= 4 is 16.1 Å². The second kappa shape index (κ2) is 11.1. The summed E-state index contributed by atoms with van der Waals surface area (Å²) >= 11 is 0. The van der Waals surface area contributed by atoms with Crippen LogP contribution in [0.3, 0.4) is 0 Å². The van der Waals surface area contributed by atoms with Crippen molar-refractivity contribution in [2.24, 2.45) is 0 Å². The Labute approximate surface area is 195 Å². The molecule has 1 aliphatic rings. The molecule has 8 nitrogen and oxygen atoms in total. The Bertz CT molecular complexity index is 1020. The van der Waals surface area contributed by atoms with E-state index in [1.54, 1.807) is 18.2 Å². The summed E-state index contributed by atoms with van der Waals surface area (Å²) in [6.07, 6.45) is 1.94. The maximum Gasteiger partial charge on any atom is 0.277 e. The van der Waals surface area contributed by atoms with Crippen molar-refractivity contribution in [2.75, 3.05) is 20.2 Å². The summed E-state index contributed by atoms with van der Waals surface area (Å²) in [4.78, 5) is 12.9. The minimum atomic E-state index is -3.69. The zero-order valence-corrected chi connectivity index (χ0v) is 19.9. The van der Waals surface area contributed by atoms with E-state index in [0.717, 1.165) is 5.56 Å². The number of nitrogens with one attached hydrogen (secondary N) is 3. The highest BCUT2D eigenvalue weighted by Crippen LogP contribution is 2.39. The first-order chi connectivity index (χ1) is 15.7. The van der Waals surface area contributed by atoms with E-state index in [2.05, 4.69) is 26.9 Å². The lowest BCUT2D eigenvalue weighted by atomic mass is 9.68. The molecule has 1 aliphatic carbocycles. The first-order valence-electron chi connectivity index (χ1n) is 11.2. The first kappa shape index (κ1) is 25.2. The molecule has 0 aliphatic heterocycles. The van der Waals surface area contributed by atoms with E-state index in [4.69, 9.17) is 4.74 Å². The first-order valence-corrected chi connectivity index (χ1v) is 12.6. The van der Waals surface area contributed by atoms with E-state index in [0.29, 0.717) is 43.5 Å². The minimum absolute atomic E-state index is 0.0367. The molecule has 4 N–H and O–H groups in total. The third kappa shape index (κ3) is 6.77. The van der Waals surface area contributed by atoms with Crippen molar-refractivity contribution in [3.05, 3.63) is 65.7 Å². The molecule has 1 atom stereocenters. The van der Waals surface area contributed by atoms with Crippen molar-refractivity contribution in [1.82, 2.24) is 14.8 Å². The number of carbonyl (C=O) groups excluding carboxylic acids is 1. The average molecular weight is 476 g/mol. The Morgan fingerprint density at radius 3 is 2.39 bits per heavy atom. The van der Waals surface area contributed by atoms with Gasteiger partial charge in [0.25, 0.3) is 16.1 Å². The van der Waals surface area contributed by atoms with Crippen LogP contribution >= 0.6 is 0 Å². The van der Waals surface area contributed by atoms with Gasteiger partial charge in [-0.25, -0.2) is 0 Å². The molecule has 0 saturated heterocycles. The second-order valence-electron chi connectivity index (χ2n) is 8.62. The number of benzene rings is 2. The minimum Gasteiger partial charge on any atom is -0.496 e. The molecule has 33 heavy (non-hydrogen) atoms. The van der Waals surface area contributed by atoms with Crippen LogP contribution in [-0.2, 0) is 15.6 Å². The molecule has 3 rings (SSSR count). The Morgan fingerprint density at radius 2 is 1.76 bits per heavy atom. The highest BCUT2D eigenvalue weighted by molar-refractivity contribution is 7.87. The molecule has 0 heterocycles. The van der Waals surface area contributed by atoms with Crippen LogP contribution in [0.4, 0.5) is 0 Å². The van der Waals surface area contributed by atoms with E-state index in [1.165, 1.54) is 14.0 Å². The van der Waals surface area contributed by atoms with Crippen molar-refractivity contribution < 1.29 is 23.1 Å². The Morgan fingerprint density at radius 1 is 1.12 bits per heavy atom. The van der Waals surface area contributed by atoms with Crippen molar-refractivity contribution in [1.29, 1.82) is 0 Å². The Hall–Kier alpha value is -2.46. The summed E-state index contributed by atoms with van der Waals surface area (Å²) in [7, 11) is -2.15. The number of aliphatic hydroxyl groups is 1. The molecule has 0 aromatic heterocycles. The largest absolute Gasteiger partial charge is 0.496 e. The third-order valence-corrected chi connectivity index (χ3v) is 7.35. The smallest absolute Gasteiger partial charge is 0.277 e. The fraction of sp³-hybridized carbons (Fsp3) is 0.458. The summed E-state index contributed by atoms with van der Waals surface area (Å²) in [6.45, 7) is 1.93. The summed E-state index contributed by atoms with van der Waals surface area (Å²) in [5, 5.41) is 12.4. The standard InChI is InChI=1S/C24H33N3O5S/c1-18(28)16-26-33(30,31)27-20-12-14-24(15-13-20,19-8-4-3-5-9-19)17-25-23(29)21-10-6-7-11-22(21)32-2/h3-11,18,20,26-28H,12-17H2,1-2H3,(H,25,29)/t18-,20-,24-/m0/s1. The number of rotatable bonds is 10. The maximum atomic E-state index is 12.9. The molecule has 0 unspecified atom stereocenters. The third-order valence-electron chi connectivity index (χ3n) is 6.16. The fourth-order valence-corrected chi connectivity index (χ4v) is 5.53. The Balaban J connectivity index is 1.70. The van der Waals surface area contributed by atoms with E-state index in [-0.39, 0.29) is 23.9 Å². The lowest BCUT2D eigenvalue weighted by Gasteiger charge is -2.41. The van der Waals surface area contributed by atoms with Crippen molar-refractivity contribution in [2.45, 2.75) is 50.2 Å². The molecule has 0 radical (unpaired) electrons. The zero-order valence-electron chi connectivity index (χ0n) is 19.1. The summed E-state index contributed by atoms with van der Waals surface area (Å²) in [5.41, 5.74) is 1.31. The lowest BCUT2D eigenvalue weighted by Crippen LogP contribution is -2.50. The monoisotopic (exact) mass is 475 g/mol. The number of amides is 1. The van der Waals surface area contributed by atoms with Crippen LogP contribution in [0, 0.1) is 0 Å². The number of methoxy groups -OCH3 is 1. The van der Waals surface area contributed by atoms with Gasteiger partial charge in [-0.15, -0.1) is 0 Å². The molecule has 0 spiro atoms. The summed E-state index contributed by atoms with van der Waals surface area (Å²) < 4.78 is 34.9. The number of para-hydroxylation sites is 1. The molecule has 9 heteroatoms. The molecule has 2 aromatic carbocycles. The predicted octanol–water partition coefficient (Wildman–Crippen LogP) is 2.11. The fourth-order valence-electron chi connectivity index (χ4n) is 4.32. The van der Waals surface area contributed by atoms with Gasteiger partial charge in [-0.1, -0.05) is 42.5 Å². The Kier molecular flexibility index (Phi) is 8.47. The molecule has 1 fully saturated rings. The molecular weight excluding hydrogens is 442 g/mol. The van der Waals surface area contributed by atoms with Gasteiger partial charge in [-0.3, -0.25) is 4.79 Å². The molecule has 2 aromatic rings. The molecule has 0 bridgehead atoms. The van der Waals surface area contributed by atoms with E-state index in [1.807, 2.05) is 24.3 Å². The van der Waals surface area contributed by atoms with Crippen LogP contribution in [0.2, 0.25) is 0 Å². The maximum absolute atomic E-state index is 12.9. The number of aliphatic hydroxyl groups excluding tert-OH is 1. The van der Waals surface area contributed by atoms with E-state index in [9.17, 15) is 18.3 Å². The zero-order chi connectivity index (χ0) is 23.9. The van der Waals surface area contributed by atoms with Gasteiger partial charge in [0.2, 0.25) is 0 Å². The van der Waals surface area contributed by atoms with E-state index < -0.39 is 16.3 Å². The number of carbonyl (C=O) groups is 1. The number of hydrogen-bond donors (Lipinski definition) is 4. The number of hydrogen-bond acceptors (Lipinski definition) is 5. The molecule has 1 saturated carbocycles. The number of ether oxygens (including phenoxy) is 1. The van der Waals surface area contributed by atoms with Crippen LogP contribution in [-0.4, -0.2) is 51.8 Å². The summed E-state index contributed by atoms with van der Waals surface area (Å²) in [6, 6.07) is 16.9. The predicted molar refractivity (Wildman–Crippen MR) is 127 cm³/mol. The van der Waals surface area contributed by atoms with Gasteiger partial charge in [0.15, 0.2) is 0 Å². The normalized spacial score (nSPS) is 21.8. The average Bonchev–Trinajstić information content (AvgIpc) is 2.83. The van der Waals surface area contributed by atoms with Crippen LogP contribution in [0.15, 0.2) is 54.6 Å². The van der Waals surface area contributed by atoms with Gasteiger partial charge < -0.3 is 15.2 Å². The van der Waals surface area contributed by atoms with Crippen molar-refractivity contribution in [3.8, 4) is 5.75 Å².